The second kappa shape index (κ2) is 11.7. The highest BCUT2D eigenvalue weighted by atomic mass is 16.5. The Morgan fingerprint density at radius 3 is 2.37 bits per heavy atom. The Labute approximate surface area is 203 Å². The zero-order valence-electron chi connectivity index (χ0n) is 19.2. The summed E-state index contributed by atoms with van der Waals surface area (Å²) in [4.78, 5) is 31.3. The number of nitrogens with zero attached hydrogens (tertiary/aromatic N) is 2. The monoisotopic (exact) mass is 472 g/mol. The van der Waals surface area contributed by atoms with Crippen molar-refractivity contribution in [3.8, 4) is 17.2 Å². The summed E-state index contributed by atoms with van der Waals surface area (Å²) in [5.74, 6) is 0.889. The van der Waals surface area contributed by atoms with Gasteiger partial charge in [-0.25, -0.2) is 4.98 Å². The van der Waals surface area contributed by atoms with Crippen molar-refractivity contribution in [2.45, 2.75) is 25.3 Å². The Morgan fingerprint density at radius 2 is 1.71 bits per heavy atom. The third-order valence-electron chi connectivity index (χ3n) is 5.38. The number of rotatable bonds is 11. The number of H-pyrrole nitrogens is 1. The van der Waals surface area contributed by atoms with Crippen molar-refractivity contribution in [1.82, 2.24) is 19.9 Å². The molecule has 0 saturated heterocycles. The highest BCUT2D eigenvalue weighted by Crippen LogP contribution is 2.24. The molecule has 2 aromatic carbocycles. The SMILES string of the molecule is N[C@H](CCC(=O)Nc1ccc(Oc2ccc(-n3cccc3)cc2)cc1)C(=O)NCCc1cnc[nH]1. The lowest BCUT2D eigenvalue weighted by molar-refractivity contribution is -0.122. The molecule has 9 nitrogen and oxygen atoms in total. The zero-order valence-corrected chi connectivity index (χ0v) is 19.2. The predicted molar refractivity (Wildman–Crippen MR) is 133 cm³/mol. The third kappa shape index (κ3) is 7.05. The van der Waals surface area contributed by atoms with Crippen LogP contribution in [0.3, 0.4) is 0 Å². The standard InChI is InChI=1S/C26H28N6O3/c27-24(26(34)29-14-13-20-17-28-18-30-20)11-12-25(33)31-19-3-7-22(8-4-19)35-23-9-5-21(6-10-23)32-15-1-2-16-32/h1-10,15-18,24H,11-14,27H2,(H,28,30)(H,29,34)(H,31,33)/t24-/m1/s1. The van der Waals surface area contributed by atoms with Crippen LogP contribution in [0.1, 0.15) is 18.5 Å². The Balaban J connectivity index is 1.18. The Morgan fingerprint density at radius 1 is 1.03 bits per heavy atom. The number of aromatic amines is 1. The topological polar surface area (TPSA) is 127 Å². The van der Waals surface area contributed by atoms with E-state index < -0.39 is 6.04 Å². The van der Waals surface area contributed by atoms with Crippen LogP contribution in [0.25, 0.3) is 5.69 Å². The molecule has 180 valence electrons. The molecule has 4 rings (SSSR count). The van der Waals surface area contributed by atoms with Gasteiger partial charge in [0.15, 0.2) is 0 Å². The maximum Gasteiger partial charge on any atom is 0.236 e. The minimum atomic E-state index is -0.748. The van der Waals surface area contributed by atoms with Gasteiger partial charge in [-0.3, -0.25) is 9.59 Å². The molecule has 35 heavy (non-hydrogen) atoms. The van der Waals surface area contributed by atoms with E-state index in [-0.39, 0.29) is 24.7 Å². The predicted octanol–water partition coefficient (Wildman–Crippen LogP) is 3.40. The van der Waals surface area contributed by atoms with Crippen molar-refractivity contribution in [1.29, 1.82) is 0 Å². The Kier molecular flexibility index (Phi) is 7.92. The van der Waals surface area contributed by atoms with Gasteiger partial charge < -0.3 is 30.7 Å². The number of carbonyl (C=O) groups excluding carboxylic acids is 2. The summed E-state index contributed by atoms with van der Waals surface area (Å²) in [5.41, 5.74) is 8.54. The van der Waals surface area contributed by atoms with E-state index in [1.165, 1.54) is 0 Å². The molecule has 1 atom stereocenters. The van der Waals surface area contributed by atoms with Gasteiger partial charge in [0.25, 0.3) is 0 Å². The van der Waals surface area contributed by atoms with Gasteiger partial charge in [0.1, 0.15) is 11.5 Å². The molecule has 0 aliphatic carbocycles. The van der Waals surface area contributed by atoms with Gasteiger partial charge in [-0.1, -0.05) is 0 Å². The summed E-state index contributed by atoms with van der Waals surface area (Å²) >= 11 is 0. The lowest BCUT2D eigenvalue weighted by atomic mass is 10.1. The number of aromatic nitrogens is 3. The average molecular weight is 473 g/mol. The molecular weight excluding hydrogens is 444 g/mol. The molecular formula is C26H28N6O3. The smallest absolute Gasteiger partial charge is 0.236 e. The van der Waals surface area contributed by atoms with Gasteiger partial charge >= 0.3 is 0 Å². The molecule has 5 N–H and O–H groups in total. The van der Waals surface area contributed by atoms with E-state index in [1.807, 2.05) is 53.4 Å². The fourth-order valence-electron chi connectivity index (χ4n) is 3.45. The minimum Gasteiger partial charge on any atom is -0.457 e. The summed E-state index contributed by atoms with van der Waals surface area (Å²) in [7, 11) is 0. The van der Waals surface area contributed by atoms with Crippen LogP contribution >= 0.6 is 0 Å². The highest BCUT2D eigenvalue weighted by molar-refractivity contribution is 5.91. The first kappa shape index (κ1) is 23.8. The number of imidazole rings is 1. The number of nitrogens with one attached hydrogen (secondary N) is 3. The Bertz CT molecular complexity index is 1200. The van der Waals surface area contributed by atoms with Crippen LogP contribution in [0.5, 0.6) is 11.5 Å². The molecule has 0 bridgehead atoms. The molecule has 4 aromatic rings. The lowest BCUT2D eigenvalue weighted by Crippen LogP contribution is -2.41. The number of hydrogen-bond donors (Lipinski definition) is 4. The number of benzene rings is 2. The molecule has 0 saturated carbocycles. The van der Waals surface area contributed by atoms with Crippen molar-refractivity contribution in [3.05, 3.63) is 91.3 Å². The summed E-state index contributed by atoms with van der Waals surface area (Å²) in [6, 6.07) is 18.1. The van der Waals surface area contributed by atoms with Crippen LogP contribution in [0.15, 0.2) is 85.6 Å². The van der Waals surface area contributed by atoms with E-state index in [4.69, 9.17) is 10.5 Å². The molecule has 0 fully saturated rings. The molecule has 9 heteroatoms. The molecule has 0 spiro atoms. The maximum absolute atomic E-state index is 12.3. The molecule has 2 amide bonds. The molecule has 0 unspecified atom stereocenters. The minimum absolute atomic E-state index is 0.140. The van der Waals surface area contributed by atoms with Crippen molar-refractivity contribution in [3.63, 3.8) is 0 Å². The Hall–Kier alpha value is -4.37. The number of ether oxygens (including phenoxy) is 1. The fraction of sp³-hybridized carbons (Fsp3) is 0.192. The molecule has 0 aliphatic heterocycles. The van der Waals surface area contributed by atoms with E-state index >= 15 is 0 Å². The number of anilines is 1. The van der Waals surface area contributed by atoms with Crippen molar-refractivity contribution >= 4 is 17.5 Å². The van der Waals surface area contributed by atoms with Gasteiger partial charge in [0.2, 0.25) is 11.8 Å². The van der Waals surface area contributed by atoms with Gasteiger partial charge in [0.05, 0.1) is 12.4 Å². The van der Waals surface area contributed by atoms with E-state index in [9.17, 15) is 9.59 Å². The largest absolute Gasteiger partial charge is 0.457 e. The summed E-state index contributed by atoms with van der Waals surface area (Å²) in [6.07, 6.45) is 8.29. The summed E-state index contributed by atoms with van der Waals surface area (Å²) < 4.78 is 7.90. The second-order valence-corrected chi connectivity index (χ2v) is 8.02. The van der Waals surface area contributed by atoms with E-state index in [0.717, 1.165) is 17.1 Å². The molecule has 2 aromatic heterocycles. The highest BCUT2D eigenvalue weighted by Gasteiger charge is 2.15. The van der Waals surface area contributed by atoms with Crippen LogP contribution in [0.2, 0.25) is 0 Å². The van der Waals surface area contributed by atoms with Gasteiger partial charge in [-0.2, -0.15) is 0 Å². The third-order valence-corrected chi connectivity index (χ3v) is 5.38. The normalized spacial score (nSPS) is 11.6. The first-order valence-corrected chi connectivity index (χ1v) is 11.4. The van der Waals surface area contributed by atoms with Gasteiger partial charge in [-0.15, -0.1) is 0 Å². The summed E-state index contributed by atoms with van der Waals surface area (Å²) in [6.45, 7) is 0.451. The van der Waals surface area contributed by atoms with E-state index in [1.54, 1.807) is 36.8 Å². The average Bonchev–Trinajstić information content (AvgIpc) is 3.59. The number of nitrogens with two attached hydrogens (primary N) is 1. The van der Waals surface area contributed by atoms with Crippen molar-refractivity contribution in [2.75, 3.05) is 11.9 Å². The van der Waals surface area contributed by atoms with Crippen LogP contribution in [-0.2, 0) is 16.0 Å². The fourth-order valence-corrected chi connectivity index (χ4v) is 3.45. The molecule has 0 radical (unpaired) electrons. The molecule has 0 aliphatic rings. The number of carbonyl (C=O) groups is 2. The van der Waals surface area contributed by atoms with Gasteiger partial charge in [0, 0.05) is 55.0 Å². The van der Waals surface area contributed by atoms with Crippen molar-refractivity contribution < 1.29 is 14.3 Å². The van der Waals surface area contributed by atoms with Crippen molar-refractivity contribution in [2.24, 2.45) is 5.73 Å². The van der Waals surface area contributed by atoms with E-state index in [2.05, 4.69) is 20.6 Å². The summed E-state index contributed by atoms with van der Waals surface area (Å²) in [5, 5.41) is 5.59. The first-order chi connectivity index (χ1) is 17.1. The molecule has 2 heterocycles. The quantitative estimate of drug-likeness (QED) is 0.266. The van der Waals surface area contributed by atoms with E-state index in [0.29, 0.717) is 24.4 Å². The van der Waals surface area contributed by atoms with Gasteiger partial charge in [-0.05, 0) is 67.1 Å². The zero-order chi connectivity index (χ0) is 24.5. The first-order valence-electron chi connectivity index (χ1n) is 11.4. The lowest BCUT2D eigenvalue weighted by Gasteiger charge is -2.12. The van der Waals surface area contributed by atoms with Crippen LogP contribution in [-0.4, -0.2) is 38.9 Å². The second-order valence-electron chi connectivity index (χ2n) is 8.02. The van der Waals surface area contributed by atoms with Crippen LogP contribution in [0, 0.1) is 0 Å². The van der Waals surface area contributed by atoms with Crippen LogP contribution in [0.4, 0.5) is 5.69 Å². The van der Waals surface area contributed by atoms with Crippen LogP contribution < -0.4 is 21.1 Å². The number of hydrogen-bond acceptors (Lipinski definition) is 5. The maximum atomic E-state index is 12.3. The number of amides is 2.